The monoisotopic (exact) mass is 308 g/mol. The number of hydrazine groups is 1. The van der Waals surface area contributed by atoms with E-state index in [-0.39, 0.29) is 29.2 Å². The number of aryl methyl sites for hydroxylation is 1. The van der Waals surface area contributed by atoms with Crippen LogP contribution in [-0.2, 0) is 6.42 Å². The molecule has 0 bridgehead atoms. The molecule has 21 heavy (non-hydrogen) atoms. The molecular weight excluding hydrogens is 292 g/mol. The van der Waals surface area contributed by atoms with Gasteiger partial charge in [-0.25, -0.2) is 10.8 Å². The van der Waals surface area contributed by atoms with Gasteiger partial charge in [0.1, 0.15) is 5.69 Å². The summed E-state index contributed by atoms with van der Waals surface area (Å²) in [4.78, 5) is 18.7. The highest BCUT2D eigenvalue weighted by molar-refractivity contribution is 7.07. The maximum atomic E-state index is 11.2. The number of nitrogens with one attached hydrogen (secondary N) is 2. The topological polar surface area (TPSA) is 119 Å². The zero-order chi connectivity index (χ0) is 15.4. The Labute approximate surface area is 125 Å². The van der Waals surface area contributed by atoms with E-state index in [1.807, 2.05) is 23.8 Å². The van der Waals surface area contributed by atoms with Crippen LogP contribution in [0, 0.1) is 17.0 Å². The summed E-state index contributed by atoms with van der Waals surface area (Å²) < 4.78 is 0. The summed E-state index contributed by atoms with van der Waals surface area (Å²) in [6, 6.07) is 2.01. The van der Waals surface area contributed by atoms with Gasteiger partial charge in [0.15, 0.2) is 0 Å². The van der Waals surface area contributed by atoms with E-state index in [1.165, 1.54) is 5.56 Å². The number of nitrogens with zero attached hydrogens (tertiary/aromatic N) is 3. The quantitative estimate of drug-likeness (QED) is 0.424. The van der Waals surface area contributed by atoms with Gasteiger partial charge in [-0.3, -0.25) is 15.5 Å². The van der Waals surface area contributed by atoms with Crippen LogP contribution in [0.2, 0.25) is 0 Å². The summed E-state index contributed by atoms with van der Waals surface area (Å²) in [5.74, 6) is 5.59. The SMILES string of the molecule is Cc1nc(NN)nc(NC(C)Cc2ccsc2)c1[N+](=O)[O-]. The van der Waals surface area contributed by atoms with Crippen LogP contribution >= 0.6 is 11.3 Å². The van der Waals surface area contributed by atoms with Gasteiger partial charge in [-0.1, -0.05) is 0 Å². The summed E-state index contributed by atoms with van der Waals surface area (Å²) in [7, 11) is 0. The van der Waals surface area contributed by atoms with Crippen molar-refractivity contribution in [2.24, 2.45) is 5.84 Å². The van der Waals surface area contributed by atoms with Crippen molar-refractivity contribution in [1.29, 1.82) is 0 Å². The van der Waals surface area contributed by atoms with E-state index in [9.17, 15) is 10.1 Å². The molecule has 2 aromatic rings. The first kappa shape index (κ1) is 15.1. The van der Waals surface area contributed by atoms with Crippen molar-refractivity contribution in [2.45, 2.75) is 26.3 Å². The lowest BCUT2D eigenvalue weighted by Gasteiger charge is -2.15. The van der Waals surface area contributed by atoms with E-state index in [4.69, 9.17) is 5.84 Å². The fourth-order valence-corrected chi connectivity index (χ4v) is 2.68. The lowest BCUT2D eigenvalue weighted by molar-refractivity contribution is -0.385. The summed E-state index contributed by atoms with van der Waals surface area (Å²) >= 11 is 1.62. The van der Waals surface area contributed by atoms with Gasteiger partial charge in [-0.2, -0.15) is 16.3 Å². The van der Waals surface area contributed by atoms with Crippen molar-refractivity contribution in [3.63, 3.8) is 0 Å². The third kappa shape index (κ3) is 3.64. The molecule has 0 saturated carbocycles. The summed E-state index contributed by atoms with van der Waals surface area (Å²) in [6.07, 6.45) is 0.745. The predicted molar refractivity (Wildman–Crippen MR) is 82.3 cm³/mol. The highest BCUT2D eigenvalue weighted by Crippen LogP contribution is 2.27. The van der Waals surface area contributed by atoms with Crippen LogP contribution in [0.25, 0.3) is 0 Å². The van der Waals surface area contributed by atoms with Crippen molar-refractivity contribution in [3.05, 3.63) is 38.2 Å². The standard InChI is InChI=1S/C12H16N6O2S/c1-7(5-9-3-4-21-6-9)14-11-10(18(19)20)8(2)15-12(16-11)17-13/h3-4,6-7H,5,13H2,1-2H3,(H2,14,15,16,17). The number of hydrogen-bond donors (Lipinski definition) is 3. The predicted octanol–water partition coefficient (Wildman–Crippen LogP) is 2.08. The molecule has 1 atom stereocenters. The number of nitrogen functional groups attached to an aromatic ring is 1. The van der Waals surface area contributed by atoms with Gasteiger partial charge in [0.25, 0.3) is 0 Å². The second-order valence-electron chi connectivity index (χ2n) is 4.61. The number of thiophene rings is 1. The Morgan fingerprint density at radius 2 is 2.29 bits per heavy atom. The zero-order valence-electron chi connectivity index (χ0n) is 11.7. The second-order valence-corrected chi connectivity index (χ2v) is 5.39. The van der Waals surface area contributed by atoms with Crippen molar-refractivity contribution >= 4 is 28.8 Å². The highest BCUT2D eigenvalue weighted by Gasteiger charge is 2.23. The minimum absolute atomic E-state index is 0.0155. The zero-order valence-corrected chi connectivity index (χ0v) is 12.5. The first-order chi connectivity index (χ1) is 10.0. The molecule has 1 unspecified atom stereocenters. The number of nitrogens with two attached hydrogens (primary N) is 1. The summed E-state index contributed by atoms with van der Waals surface area (Å²) in [6.45, 7) is 3.49. The molecule has 2 rings (SSSR count). The fourth-order valence-electron chi connectivity index (χ4n) is 2.00. The van der Waals surface area contributed by atoms with Crippen LogP contribution in [0.1, 0.15) is 18.2 Å². The minimum atomic E-state index is -0.491. The van der Waals surface area contributed by atoms with Gasteiger partial charge < -0.3 is 5.32 Å². The first-order valence-electron chi connectivity index (χ1n) is 6.28. The normalized spacial score (nSPS) is 12.0. The second kappa shape index (κ2) is 6.46. The van der Waals surface area contributed by atoms with Gasteiger partial charge in [0.2, 0.25) is 11.8 Å². The van der Waals surface area contributed by atoms with E-state index >= 15 is 0 Å². The van der Waals surface area contributed by atoms with Crippen LogP contribution < -0.4 is 16.6 Å². The lowest BCUT2D eigenvalue weighted by atomic mass is 10.1. The molecular formula is C12H16N6O2S. The average Bonchev–Trinajstić information content (AvgIpc) is 2.90. The Kier molecular flexibility index (Phi) is 4.66. The molecule has 0 radical (unpaired) electrons. The molecule has 0 aromatic carbocycles. The molecule has 0 saturated heterocycles. The Morgan fingerprint density at radius 3 is 2.86 bits per heavy atom. The van der Waals surface area contributed by atoms with Crippen LogP contribution in [0.15, 0.2) is 16.8 Å². The van der Waals surface area contributed by atoms with E-state index in [0.717, 1.165) is 6.42 Å². The van der Waals surface area contributed by atoms with E-state index in [2.05, 4.69) is 20.7 Å². The van der Waals surface area contributed by atoms with E-state index in [0.29, 0.717) is 0 Å². The van der Waals surface area contributed by atoms with Crippen LogP contribution in [0.4, 0.5) is 17.5 Å². The molecule has 0 aliphatic carbocycles. The van der Waals surface area contributed by atoms with Crippen molar-refractivity contribution in [2.75, 3.05) is 10.7 Å². The molecule has 112 valence electrons. The lowest BCUT2D eigenvalue weighted by Crippen LogP contribution is -2.21. The maximum absolute atomic E-state index is 11.2. The van der Waals surface area contributed by atoms with Gasteiger partial charge in [-0.05, 0) is 42.7 Å². The summed E-state index contributed by atoms with van der Waals surface area (Å²) in [5.41, 5.74) is 3.61. The summed E-state index contributed by atoms with van der Waals surface area (Å²) in [5, 5.41) is 18.3. The molecule has 9 heteroatoms. The van der Waals surface area contributed by atoms with Gasteiger partial charge in [0.05, 0.1) is 4.92 Å². The number of rotatable bonds is 6. The Balaban J connectivity index is 2.24. The number of hydrogen-bond acceptors (Lipinski definition) is 8. The smallest absolute Gasteiger partial charge is 0.332 e. The molecule has 0 fully saturated rings. The van der Waals surface area contributed by atoms with Gasteiger partial charge >= 0.3 is 5.69 Å². The van der Waals surface area contributed by atoms with Crippen LogP contribution in [0.5, 0.6) is 0 Å². The molecule has 0 amide bonds. The number of anilines is 2. The third-order valence-corrected chi connectivity index (χ3v) is 3.61. The Bertz CT molecular complexity index is 631. The first-order valence-corrected chi connectivity index (χ1v) is 7.22. The Hall–Kier alpha value is -2.26. The molecule has 2 aromatic heterocycles. The minimum Gasteiger partial charge on any atom is -0.361 e. The van der Waals surface area contributed by atoms with E-state index in [1.54, 1.807) is 18.3 Å². The highest BCUT2D eigenvalue weighted by atomic mass is 32.1. The maximum Gasteiger partial charge on any atom is 0.332 e. The molecule has 8 nitrogen and oxygen atoms in total. The molecule has 4 N–H and O–H groups in total. The Morgan fingerprint density at radius 1 is 1.52 bits per heavy atom. The van der Waals surface area contributed by atoms with Crippen LogP contribution in [-0.4, -0.2) is 20.9 Å². The van der Waals surface area contributed by atoms with Crippen molar-refractivity contribution < 1.29 is 4.92 Å². The number of aromatic nitrogens is 2. The molecule has 0 spiro atoms. The van der Waals surface area contributed by atoms with E-state index < -0.39 is 4.92 Å². The third-order valence-electron chi connectivity index (χ3n) is 2.88. The van der Waals surface area contributed by atoms with Crippen molar-refractivity contribution in [1.82, 2.24) is 9.97 Å². The molecule has 0 aliphatic heterocycles. The fraction of sp³-hybridized carbons (Fsp3) is 0.333. The number of nitro groups is 1. The molecule has 2 heterocycles. The van der Waals surface area contributed by atoms with Gasteiger partial charge in [0, 0.05) is 6.04 Å². The molecule has 0 aliphatic rings. The van der Waals surface area contributed by atoms with Gasteiger partial charge in [-0.15, -0.1) is 0 Å². The largest absolute Gasteiger partial charge is 0.361 e. The average molecular weight is 308 g/mol. The van der Waals surface area contributed by atoms with Crippen LogP contribution in [0.3, 0.4) is 0 Å². The van der Waals surface area contributed by atoms with Crippen molar-refractivity contribution in [3.8, 4) is 0 Å².